The number of aromatic nitrogens is 1. The number of benzene rings is 1. The molecule has 0 aliphatic rings. The second-order valence-corrected chi connectivity index (χ2v) is 5.22. The molecule has 2 aromatic heterocycles. The van der Waals surface area contributed by atoms with Crippen LogP contribution in [0.25, 0.3) is 11.3 Å². The zero-order valence-electron chi connectivity index (χ0n) is 12.7. The number of aliphatic hydroxyl groups excluding tert-OH is 1. The molecule has 24 heavy (non-hydrogen) atoms. The molecular weight excluding hydrogens is 308 g/mol. The van der Waals surface area contributed by atoms with E-state index in [0.717, 1.165) is 5.56 Å². The fraction of sp³-hybridized carbons (Fsp3) is 0.111. The Labute approximate surface area is 137 Å². The van der Waals surface area contributed by atoms with Crippen LogP contribution < -0.4 is 10.9 Å². The monoisotopic (exact) mass is 324 g/mol. The molecule has 0 saturated carbocycles. The average Bonchev–Trinajstić information content (AvgIpc) is 3.15. The Bertz CT molecular complexity index is 870. The number of rotatable bonds is 5. The van der Waals surface area contributed by atoms with Gasteiger partial charge in [-0.3, -0.25) is 9.59 Å². The highest BCUT2D eigenvalue weighted by Crippen LogP contribution is 2.15. The standard InChI is InChI=1S/C18H16N2O4/c21-15(16-7-4-10-24-16)11-19-17(22)13-8-9-14(20-18(13)23)12-5-2-1-3-6-12/h1-10,15,21H,11H2,(H,19,22)(H,20,23). The first-order valence-electron chi connectivity index (χ1n) is 7.43. The molecule has 0 bridgehead atoms. The van der Waals surface area contributed by atoms with Gasteiger partial charge in [-0.25, -0.2) is 0 Å². The van der Waals surface area contributed by atoms with Gasteiger partial charge in [0.2, 0.25) is 0 Å². The predicted molar refractivity (Wildman–Crippen MR) is 88.5 cm³/mol. The van der Waals surface area contributed by atoms with E-state index in [1.807, 2.05) is 30.3 Å². The minimum atomic E-state index is -0.966. The van der Waals surface area contributed by atoms with Gasteiger partial charge in [-0.05, 0) is 29.8 Å². The quantitative estimate of drug-likeness (QED) is 0.670. The van der Waals surface area contributed by atoms with E-state index in [1.165, 1.54) is 12.3 Å². The van der Waals surface area contributed by atoms with Gasteiger partial charge in [0.25, 0.3) is 11.5 Å². The minimum absolute atomic E-state index is 0.0127. The molecule has 1 aromatic carbocycles. The van der Waals surface area contributed by atoms with Gasteiger partial charge in [0.05, 0.1) is 12.8 Å². The van der Waals surface area contributed by atoms with Gasteiger partial charge in [0, 0.05) is 5.69 Å². The molecular formula is C18H16N2O4. The summed E-state index contributed by atoms with van der Waals surface area (Å²) in [7, 11) is 0. The number of amides is 1. The van der Waals surface area contributed by atoms with Gasteiger partial charge >= 0.3 is 0 Å². The van der Waals surface area contributed by atoms with E-state index < -0.39 is 17.6 Å². The van der Waals surface area contributed by atoms with Crippen molar-refractivity contribution in [3.8, 4) is 11.3 Å². The Morgan fingerprint density at radius 1 is 1.12 bits per heavy atom. The molecule has 3 rings (SSSR count). The molecule has 6 heteroatoms. The number of carbonyl (C=O) groups is 1. The van der Waals surface area contributed by atoms with E-state index in [1.54, 1.807) is 18.2 Å². The van der Waals surface area contributed by atoms with Crippen LogP contribution in [0.1, 0.15) is 22.2 Å². The summed E-state index contributed by atoms with van der Waals surface area (Å²) in [4.78, 5) is 26.9. The van der Waals surface area contributed by atoms with Crippen molar-refractivity contribution >= 4 is 5.91 Å². The van der Waals surface area contributed by atoms with Crippen molar-refractivity contribution in [3.05, 3.63) is 82.5 Å². The van der Waals surface area contributed by atoms with Crippen LogP contribution in [0.4, 0.5) is 0 Å². The van der Waals surface area contributed by atoms with Gasteiger partial charge in [0.1, 0.15) is 17.4 Å². The van der Waals surface area contributed by atoms with Crippen LogP contribution in [-0.4, -0.2) is 22.5 Å². The van der Waals surface area contributed by atoms with E-state index in [9.17, 15) is 14.7 Å². The highest BCUT2D eigenvalue weighted by molar-refractivity contribution is 5.94. The zero-order chi connectivity index (χ0) is 16.9. The van der Waals surface area contributed by atoms with Crippen LogP contribution in [0.15, 0.2) is 70.1 Å². The Hall–Kier alpha value is -3.12. The second-order valence-electron chi connectivity index (χ2n) is 5.22. The maximum atomic E-state index is 12.1. The van der Waals surface area contributed by atoms with E-state index >= 15 is 0 Å². The van der Waals surface area contributed by atoms with Crippen LogP contribution in [0.5, 0.6) is 0 Å². The number of furan rings is 1. The number of H-pyrrole nitrogens is 1. The van der Waals surface area contributed by atoms with Crippen LogP contribution in [0.3, 0.4) is 0 Å². The lowest BCUT2D eigenvalue weighted by atomic mass is 10.1. The summed E-state index contributed by atoms with van der Waals surface area (Å²) < 4.78 is 5.05. The number of nitrogens with one attached hydrogen (secondary N) is 2. The smallest absolute Gasteiger partial charge is 0.261 e. The minimum Gasteiger partial charge on any atom is -0.467 e. The molecule has 0 aliphatic heterocycles. The van der Waals surface area contributed by atoms with Crippen molar-refractivity contribution in [3.63, 3.8) is 0 Å². The van der Waals surface area contributed by atoms with Crippen LogP contribution in [0, 0.1) is 0 Å². The third kappa shape index (κ3) is 3.44. The third-order valence-corrected chi connectivity index (χ3v) is 3.57. The molecule has 6 nitrogen and oxygen atoms in total. The van der Waals surface area contributed by atoms with Crippen LogP contribution >= 0.6 is 0 Å². The summed E-state index contributed by atoms with van der Waals surface area (Å²) in [5.41, 5.74) is 0.991. The van der Waals surface area contributed by atoms with Crippen molar-refractivity contribution in [2.75, 3.05) is 6.54 Å². The molecule has 1 unspecified atom stereocenters. The molecule has 1 amide bonds. The molecule has 0 fully saturated rings. The number of pyridine rings is 1. The van der Waals surface area contributed by atoms with Crippen molar-refractivity contribution in [1.82, 2.24) is 10.3 Å². The average molecular weight is 324 g/mol. The first-order valence-corrected chi connectivity index (χ1v) is 7.43. The summed E-state index contributed by atoms with van der Waals surface area (Å²) >= 11 is 0. The van der Waals surface area contributed by atoms with E-state index in [0.29, 0.717) is 11.5 Å². The SMILES string of the molecule is O=C(NCC(O)c1ccco1)c1ccc(-c2ccccc2)[nH]c1=O. The molecule has 1 atom stereocenters. The highest BCUT2D eigenvalue weighted by atomic mass is 16.4. The van der Waals surface area contributed by atoms with E-state index in [4.69, 9.17) is 4.42 Å². The Morgan fingerprint density at radius 2 is 1.92 bits per heavy atom. The summed E-state index contributed by atoms with van der Waals surface area (Å²) in [6, 6.07) is 15.7. The molecule has 0 saturated heterocycles. The van der Waals surface area contributed by atoms with E-state index in [2.05, 4.69) is 10.3 Å². The summed E-state index contributed by atoms with van der Waals surface area (Å²) in [6.45, 7) is -0.0494. The second kappa shape index (κ2) is 6.97. The maximum Gasteiger partial charge on any atom is 0.261 e. The largest absolute Gasteiger partial charge is 0.467 e. The van der Waals surface area contributed by atoms with Crippen LogP contribution in [0.2, 0.25) is 0 Å². The summed E-state index contributed by atoms with van der Waals surface area (Å²) in [6.07, 6.45) is 0.472. The normalized spacial score (nSPS) is 11.9. The van der Waals surface area contributed by atoms with Gasteiger partial charge < -0.3 is 19.8 Å². The molecule has 0 radical (unpaired) electrons. The Kier molecular flexibility index (Phi) is 4.58. The third-order valence-electron chi connectivity index (χ3n) is 3.57. The van der Waals surface area contributed by atoms with Gasteiger partial charge in [-0.2, -0.15) is 0 Å². The molecule has 0 spiro atoms. The van der Waals surface area contributed by atoms with Crippen LogP contribution in [-0.2, 0) is 0 Å². The molecule has 122 valence electrons. The maximum absolute atomic E-state index is 12.1. The Balaban J connectivity index is 1.70. The number of aromatic amines is 1. The van der Waals surface area contributed by atoms with Gasteiger partial charge in [-0.15, -0.1) is 0 Å². The highest BCUT2D eigenvalue weighted by Gasteiger charge is 2.15. The number of carbonyl (C=O) groups excluding carboxylic acids is 1. The summed E-state index contributed by atoms with van der Waals surface area (Å²) in [5.74, 6) is -0.204. The predicted octanol–water partition coefficient (Wildman–Crippen LogP) is 2.10. The van der Waals surface area contributed by atoms with E-state index in [-0.39, 0.29) is 12.1 Å². The van der Waals surface area contributed by atoms with Crippen molar-refractivity contribution in [2.24, 2.45) is 0 Å². The molecule has 0 aliphatic carbocycles. The molecule has 3 N–H and O–H groups in total. The molecule has 2 heterocycles. The lowest BCUT2D eigenvalue weighted by molar-refractivity contribution is 0.0899. The van der Waals surface area contributed by atoms with Gasteiger partial charge in [-0.1, -0.05) is 30.3 Å². The molecule has 3 aromatic rings. The fourth-order valence-electron chi connectivity index (χ4n) is 2.30. The van der Waals surface area contributed by atoms with Gasteiger partial charge in [0.15, 0.2) is 0 Å². The lowest BCUT2D eigenvalue weighted by Crippen LogP contribution is -2.32. The zero-order valence-corrected chi connectivity index (χ0v) is 12.7. The fourth-order valence-corrected chi connectivity index (χ4v) is 2.30. The summed E-state index contributed by atoms with van der Waals surface area (Å²) in [5, 5.41) is 12.4. The Morgan fingerprint density at radius 3 is 2.58 bits per heavy atom. The first kappa shape index (κ1) is 15.8. The van der Waals surface area contributed by atoms with Crippen molar-refractivity contribution in [2.45, 2.75) is 6.10 Å². The topological polar surface area (TPSA) is 95.3 Å². The lowest BCUT2D eigenvalue weighted by Gasteiger charge is -2.09. The number of hydrogen-bond acceptors (Lipinski definition) is 4. The number of aliphatic hydroxyl groups is 1. The number of hydrogen-bond donors (Lipinski definition) is 3. The van der Waals surface area contributed by atoms with Crippen molar-refractivity contribution in [1.29, 1.82) is 0 Å². The first-order chi connectivity index (χ1) is 11.6. The van der Waals surface area contributed by atoms with Crippen molar-refractivity contribution < 1.29 is 14.3 Å².